The highest BCUT2D eigenvalue weighted by Gasteiger charge is 2.33. The Kier molecular flexibility index (Phi) is 2.55. The zero-order chi connectivity index (χ0) is 13.6. The molecular weight excluding hydrogens is 242 g/mol. The van der Waals surface area contributed by atoms with E-state index >= 15 is 0 Å². The monoisotopic (exact) mass is 257 g/mol. The van der Waals surface area contributed by atoms with Gasteiger partial charge in [-0.15, -0.1) is 0 Å². The Bertz CT molecular complexity index is 648. The van der Waals surface area contributed by atoms with Crippen LogP contribution in [0.2, 0.25) is 0 Å². The number of anilines is 2. The molecule has 1 amide bonds. The third-order valence-corrected chi connectivity index (χ3v) is 3.52. The second-order valence-electron chi connectivity index (χ2n) is 4.91. The van der Waals surface area contributed by atoms with Gasteiger partial charge in [-0.25, -0.2) is 0 Å². The number of fused-ring (bicyclic) bond motifs is 1. The van der Waals surface area contributed by atoms with Gasteiger partial charge in [0.05, 0.1) is 6.20 Å². The van der Waals surface area contributed by atoms with E-state index < -0.39 is 0 Å². The SMILES string of the molecule is Cc1oncc1C(=O)N1c2ccc(N)cc2CC1C. The molecule has 3 rings (SSSR count). The molecule has 2 N–H and O–H groups in total. The van der Waals surface area contributed by atoms with Crippen LogP contribution in [0.5, 0.6) is 0 Å². The van der Waals surface area contributed by atoms with Crippen LogP contribution >= 0.6 is 0 Å². The minimum absolute atomic E-state index is 0.0743. The number of aryl methyl sites for hydroxylation is 1. The molecule has 0 saturated heterocycles. The Hall–Kier alpha value is -2.30. The minimum Gasteiger partial charge on any atom is -0.399 e. The largest absolute Gasteiger partial charge is 0.399 e. The lowest BCUT2D eigenvalue weighted by Gasteiger charge is -2.22. The van der Waals surface area contributed by atoms with Gasteiger partial charge in [0.15, 0.2) is 0 Å². The molecule has 1 atom stereocenters. The predicted octanol–water partition coefficient (Wildman–Crippen LogP) is 2.16. The summed E-state index contributed by atoms with van der Waals surface area (Å²) in [5.41, 5.74) is 9.05. The van der Waals surface area contributed by atoms with Crippen molar-refractivity contribution in [2.24, 2.45) is 0 Å². The predicted molar refractivity (Wildman–Crippen MR) is 72.1 cm³/mol. The highest BCUT2D eigenvalue weighted by molar-refractivity contribution is 6.08. The van der Waals surface area contributed by atoms with Crippen LogP contribution in [-0.2, 0) is 6.42 Å². The third kappa shape index (κ3) is 1.78. The van der Waals surface area contributed by atoms with E-state index in [1.165, 1.54) is 6.20 Å². The standard InChI is InChI=1S/C14H15N3O2/c1-8-5-10-6-11(15)3-4-13(10)17(8)14(18)12-7-16-19-9(12)2/h3-4,6-8H,5,15H2,1-2H3. The van der Waals surface area contributed by atoms with Crippen LogP contribution in [0.3, 0.4) is 0 Å². The number of rotatable bonds is 1. The normalized spacial score (nSPS) is 17.6. The fourth-order valence-corrected chi connectivity index (χ4v) is 2.59. The molecule has 0 spiro atoms. The Labute approximate surface area is 111 Å². The Morgan fingerprint density at radius 2 is 2.32 bits per heavy atom. The molecule has 0 saturated carbocycles. The molecule has 0 radical (unpaired) electrons. The van der Waals surface area contributed by atoms with Gasteiger partial charge in [-0.3, -0.25) is 4.79 Å². The summed E-state index contributed by atoms with van der Waals surface area (Å²) < 4.78 is 4.97. The van der Waals surface area contributed by atoms with Gasteiger partial charge in [0.2, 0.25) is 0 Å². The lowest BCUT2D eigenvalue weighted by molar-refractivity contribution is 0.0980. The summed E-state index contributed by atoms with van der Waals surface area (Å²) in [6, 6.07) is 5.75. The van der Waals surface area contributed by atoms with Gasteiger partial charge in [-0.2, -0.15) is 0 Å². The first-order valence-corrected chi connectivity index (χ1v) is 6.21. The van der Waals surface area contributed by atoms with Crippen LogP contribution in [0.15, 0.2) is 28.9 Å². The maximum absolute atomic E-state index is 12.6. The molecule has 98 valence electrons. The van der Waals surface area contributed by atoms with E-state index in [1.807, 2.05) is 25.1 Å². The fourth-order valence-electron chi connectivity index (χ4n) is 2.59. The number of hydrogen-bond acceptors (Lipinski definition) is 4. The fraction of sp³-hybridized carbons (Fsp3) is 0.286. The Morgan fingerprint density at radius 3 is 3.00 bits per heavy atom. The molecule has 1 unspecified atom stereocenters. The van der Waals surface area contributed by atoms with E-state index in [1.54, 1.807) is 11.8 Å². The number of nitrogen functional groups attached to an aromatic ring is 1. The van der Waals surface area contributed by atoms with E-state index in [0.717, 1.165) is 23.4 Å². The second-order valence-corrected chi connectivity index (χ2v) is 4.91. The first-order valence-electron chi connectivity index (χ1n) is 6.21. The molecule has 1 aliphatic heterocycles. The first kappa shape index (κ1) is 11.8. The van der Waals surface area contributed by atoms with E-state index in [9.17, 15) is 4.79 Å². The van der Waals surface area contributed by atoms with Crippen LogP contribution in [0.4, 0.5) is 11.4 Å². The van der Waals surface area contributed by atoms with Crippen molar-refractivity contribution in [3.8, 4) is 0 Å². The van der Waals surface area contributed by atoms with Crippen LogP contribution in [0.1, 0.15) is 28.6 Å². The number of hydrogen-bond donors (Lipinski definition) is 1. The zero-order valence-corrected chi connectivity index (χ0v) is 10.9. The molecule has 1 aromatic heterocycles. The molecule has 0 fully saturated rings. The molecular formula is C14H15N3O2. The van der Waals surface area contributed by atoms with Crippen molar-refractivity contribution in [1.29, 1.82) is 0 Å². The van der Waals surface area contributed by atoms with Crippen molar-refractivity contribution in [3.63, 3.8) is 0 Å². The van der Waals surface area contributed by atoms with Gasteiger partial charge in [0.1, 0.15) is 11.3 Å². The minimum atomic E-state index is -0.0743. The Morgan fingerprint density at radius 1 is 1.53 bits per heavy atom. The second kappa shape index (κ2) is 4.12. The van der Waals surface area contributed by atoms with E-state index in [0.29, 0.717) is 11.3 Å². The zero-order valence-electron chi connectivity index (χ0n) is 10.9. The van der Waals surface area contributed by atoms with Gasteiger partial charge in [0, 0.05) is 17.4 Å². The number of carbonyl (C=O) groups excluding carboxylic acids is 1. The van der Waals surface area contributed by atoms with E-state index in [4.69, 9.17) is 10.3 Å². The Balaban J connectivity index is 2.03. The highest BCUT2D eigenvalue weighted by Crippen LogP contribution is 2.34. The summed E-state index contributed by atoms with van der Waals surface area (Å²) in [7, 11) is 0. The van der Waals surface area contributed by atoms with Crippen molar-refractivity contribution in [2.45, 2.75) is 26.3 Å². The van der Waals surface area contributed by atoms with Crippen molar-refractivity contribution in [3.05, 3.63) is 41.3 Å². The summed E-state index contributed by atoms with van der Waals surface area (Å²) in [5, 5.41) is 3.67. The molecule has 5 heteroatoms. The van der Waals surface area contributed by atoms with E-state index in [2.05, 4.69) is 5.16 Å². The lowest BCUT2D eigenvalue weighted by Crippen LogP contribution is -2.35. The molecule has 1 aliphatic rings. The summed E-state index contributed by atoms with van der Waals surface area (Å²) in [5.74, 6) is 0.468. The van der Waals surface area contributed by atoms with Gasteiger partial charge in [-0.05, 0) is 44.0 Å². The average molecular weight is 257 g/mol. The number of benzene rings is 1. The quantitative estimate of drug-likeness (QED) is 0.794. The molecule has 0 aliphatic carbocycles. The van der Waals surface area contributed by atoms with Crippen LogP contribution < -0.4 is 10.6 Å². The number of carbonyl (C=O) groups is 1. The average Bonchev–Trinajstić information content (AvgIpc) is 2.90. The maximum atomic E-state index is 12.6. The van der Waals surface area contributed by atoms with Crippen molar-refractivity contribution in [1.82, 2.24) is 5.16 Å². The molecule has 2 heterocycles. The smallest absolute Gasteiger partial charge is 0.263 e. The topological polar surface area (TPSA) is 72.4 Å². The van der Waals surface area contributed by atoms with Crippen molar-refractivity contribution < 1.29 is 9.32 Å². The van der Waals surface area contributed by atoms with Crippen LogP contribution in [-0.4, -0.2) is 17.1 Å². The number of nitrogens with zero attached hydrogens (tertiary/aromatic N) is 2. The third-order valence-electron chi connectivity index (χ3n) is 3.52. The number of aromatic nitrogens is 1. The van der Waals surface area contributed by atoms with Gasteiger partial charge >= 0.3 is 0 Å². The summed E-state index contributed by atoms with van der Waals surface area (Å²) >= 11 is 0. The van der Waals surface area contributed by atoms with Gasteiger partial charge in [-0.1, -0.05) is 5.16 Å². The van der Waals surface area contributed by atoms with Crippen molar-refractivity contribution in [2.75, 3.05) is 10.6 Å². The molecule has 2 aromatic rings. The molecule has 1 aromatic carbocycles. The van der Waals surface area contributed by atoms with Gasteiger partial charge in [0.25, 0.3) is 5.91 Å². The molecule has 0 bridgehead atoms. The summed E-state index contributed by atoms with van der Waals surface area (Å²) in [4.78, 5) is 14.4. The maximum Gasteiger partial charge on any atom is 0.263 e. The molecule has 19 heavy (non-hydrogen) atoms. The van der Waals surface area contributed by atoms with Crippen LogP contribution in [0, 0.1) is 6.92 Å². The summed E-state index contributed by atoms with van der Waals surface area (Å²) in [6.07, 6.45) is 2.29. The molecule has 5 nitrogen and oxygen atoms in total. The first-order chi connectivity index (χ1) is 9.08. The van der Waals surface area contributed by atoms with E-state index in [-0.39, 0.29) is 11.9 Å². The summed E-state index contributed by atoms with van der Waals surface area (Å²) in [6.45, 7) is 3.77. The highest BCUT2D eigenvalue weighted by atomic mass is 16.5. The lowest BCUT2D eigenvalue weighted by atomic mass is 10.1. The van der Waals surface area contributed by atoms with Crippen LogP contribution in [0.25, 0.3) is 0 Å². The number of amides is 1. The van der Waals surface area contributed by atoms with Gasteiger partial charge < -0.3 is 15.2 Å². The number of nitrogens with two attached hydrogens (primary N) is 1. The van der Waals surface area contributed by atoms with Crippen molar-refractivity contribution >= 4 is 17.3 Å².